The minimum Gasteiger partial charge on any atom is -0.390 e. The average molecular weight is 382 g/mol. The van der Waals surface area contributed by atoms with Gasteiger partial charge in [-0.25, -0.2) is 14.4 Å². The Kier molecular flexibility index (Phi) is 4.63. The van der Waals surface area contributed by atoms with E-state index >= 15 is 0 Å². The predicted molar refractivity (Wildman–Crippen MR) is 106 cm³/mol. The second-order valence-electron chi connectivity index (χ2n) is 6.57. The quantitative estimate of drug-likeness (QED) is 0.530. The van der Waals surface area contributed by atoms with E-state index in [1.54, 1.807) is 35.7 Å². The molecule has 2 N–H and O–H groups in total. The van der Waals surface area contributed by atoms with Gasteiger partial charge in [-0.2, -0.15) is 0 Å². The van der Waals surface area contributed by atoms with E-state index in [4.69, 9.17) is 0 Å². The van der Waals surface area contributed by atoms with Crippen molar-refractivity contribution in [3.8, 4) is 21.6 Å². The first kappa shape index (κ1) is 17.6. The Balaban J connectivity index is 1.90. The van der Waals surface area contributed by atoms with E-state index in [1.165, 1.54) is 6.07 Å². The molecule has 3 heterocycles. The Morgan fingerprint density at radius 1 is 1.22 bits per heavy atom. The van der Waals surface area contributed by atoms with E-state index in [0.29, 0.717) is 28.5 Å². The van der Waals surface area contributed by atoms with Crippen molar-refractivity contribution in [1.82, 2.24) is 14.4 Å². The number of halogens is 1. The fraction of sp³-hybridized carbons (Fsp3) is 0.200. The predicted octanol–water partition coefficient (Wildman–Crippen LogP) is 4.58. The summed E-state index contributed by atoms with van der Waals surface area (Å²) in [5.74, 6) is -0.309. The maximum absolute atomic E-state index is 14.5. The highest BCUT2D eigenvalue weighted by atomic mass is 32.1. The molecule has 27 heavy (non-hydrogen) atoms. The first-order valence-corrected chi connectivity index (χ1v) is 9.47. The summed E-state index contributed by atoms with van der Waals surface area (Å²) in [6.45, 7) is 3.95. The van der Waals surface area contributed by atoms with Gasteiger partial charge in [0, 0.05) is 41.3 Å². The van der Waals surface area contributed by atoms with Gasteiger partial charge >= 0.3 is 0 Å². The Morgan fingerprint density at radius 2 is 2.04 bits per heavy atom. The molecule has 0 saturated carbocycles. The van der Waals surface area contributed by atoms with Crippen molar-refractivity contribution in [3.63, 3.8) is 0 Å². The van der Waals surface area contributed by atoms with Gasteiger partial charge in [0.2, 0.25) is 0 Å². The van der Waals surface area contributed by atoms with E-state index in [0.717, 1.165) is 15.6 Å². The minimum atomic E-state index is -0.309. The van der Waals surface area contributed by atoms with Crippen molar-refractivity contribution in [2.24, 2.45) is 0 Å². The summed E-state index contributed by atoms with van der Waals surface area (Å²) in [6, 6.07) is 8.86. The molecular formula is C20H19FN4OS. The molecule has 138 valence electrons. The topological polar surface area (TPSA) is 62.5 Å². The third kappa shape index (κ3) is 3.43. The van der Waals surface area contributed by atoms with Crippen LogP contribution in [0.2, 0.25) is 0 Å². The highest BCUT2D eigenvalue weighted by Crippen LogP contribution is 2.35. The van der Waals surface area contributed by atoms with Crippen LogP contribution in [-0.4, -0.2) is 25.5 Å². The number of aromatic nitrogens is 3. The molecule has 5 nitrogen and oxygen atoms in total. The molecule has 0 amide bonds. The number of nitrogens with one attached hydrogen (secondary N) is 1. The van der Waals surface area contributed by atoms with Crippen LogP contribution in [0.3, 0.4) is 0 Å². The molecule has 3 aromatic heterocycles. The lowest BCUT2D eigenvalue weighted by Gasteiger charge is -2.08. The summed E-state index contributed by atoms with van der Waals surface area (Å²) in [7, 11) is 0. The van der Waals surface area contributed by atoms with Crippen molar-refractivity contribution >= 4 is 22.1 Å². The fourth-order valence-corrected chi connectivity index (χ4v) is 3.90. The van der Waals surface area contributed by atoms with Crippen LogP contribution < -0.4 is 5.32 Å². The zero-order chi connectivity index (χ0) is 19.0. The number of hydrogen-bond acceptors (Lipinski definition) is 5. The van der Waals surface area contributed by atoms with Crippen LogP contribution in [0.1, 0.15) is 19.5 Å². The molecule has 0 aliphatic carbocycles. The summed E-state index contributed by atoms with van der Waals surface area (Å²) in [5, 5.41) is 13.6. The van der Waals surface area contributed by atoms with E-state index in [2.05, 4.69) is 29.1 Å². The molecule has 1 aromatic carbocycles. The first-order valence-electron chi connectivity index (χ1n) is 8.65. The lowest BCUT2D eigenvalue weighted by Crippen LogP contribution is -2.08. The molecule has 4 aromatic rings. The third-order valence-corrected chi connectivity index (χ3v) is 5.11. The van der Waals surface area contributed by atoms with Gasteiger partial charge in [0.15, 0.2) is 5.13 Å². The van der Waals surface area contributed by atoms with Gasteiger partial charge in [-0.15, -0.1) is 0 Å². The third-order valence-electron chi connectivity index (χ3n) is 4.13. The van der Waals surface area contributed by atoms with Crippen LogP contribution >= 0.6 is 11.3 Å². The van der Waals surface area contributed by atoms with E-state index < -0.39 is 0 Å². The van der Waals surface area contributed by atoms with Crippen LogP contribution in [0.15, 0.2) is 48.9 Å². The van der Waals surface area contributed by atoms with Gasteiger partial charge in [-0.05, 0) is 26.0 Å². The second-order valence-corrected chi connectivity index (χ2v) is 7.60. The maximum atomic E-state index is 14.5. The van der Waals surface area contributed by atoms with Gasteiger partial charge in [-0.3, -0.25) is 0 Å². The summed E-state index contributed by atoms with van der Waals surface area (Å²) in [4.78, 5) is 9.84. The van der Waals surface area contributed by atoms with Crippen LogP contribution in [0.25, 0.3) is 27.2 Å². The zero-order valence-electron chi connectivity index (χ0n) is 15.0. The molecule has 0 radical (unpaired) electrons. The summed E-state index contributed by atoms with van der Waals surface area (Å²) in [6.07, 6.45) is 5.50. The standard InChI is InChI=1S/C20H19FN4OS/c1-12(2)23-20-22-8-18(27-20)13-7-16(15-5-3-4-6-17(15)21)19-24-14(11-26)10-25(19)9-13/h3-10,12,26H,11H2,1-2H3,(H,22,23). The van der Waals surface area contributed by atoms with Crippen molar-refractivity contribution < 1.29 is 9.50 Å². The number of aliphatic hydroxyl groups excluding tert-OH is 1. The molecule has 0 unspecified atom stereocenters. The largest absolute Gasteiger partial charge is 0.390 e. The van der Waals surface area contributed by atoms with Crippen LogP contribution in [0.5, 0.6) is 0 Å². The lowest BCUT2D eigenvalue weighted by molar-refractivity contribution is 0.277. The number of thiazole rings is 1. The molecule has 0 atom stereocenters. The molecule has 0 aliphatic heterocycles. The molecule has 0 saturated heterocycles. The van der Waals surface area contributed by atoms with Crippen molar-refractivity contribution in [3.05, 3.63) is 60.4 Å². The van der Waals surface area contributed by atoms with Crippen molar-refractivity contribution in [1.29, 1.82) is 0 Å². The number of aliphatic hydroxyl groups is 1. The molecular weight excluding hydrogens is 363 g/mol. The highest BCUT2D eigenvalue weighted by Gasteiger charge is 2.15. The van der Waals surface area contributed by atoms with Gasteiger partial charge < -0.3 is 14.8 Å². The Bertz CT molecular complexity index is 1100. The Morgan fingerprint density at radius 3 is 2.78 bits per heavy atom. The van der Waals surface area contributed by atoms with E-state index in [9.17, 15) is 9.50 Å². The molecule has 7 heteroatoms. The number of nitrogens with zero attached hydrogens (tertiary/aromatic N) is 3. The van der Waals surface area contributed by atoms with Gasteiger partial charge in [0.05, 0.1) is 17.2 Å². The van der Waals surface area contributed by atoms with Crippen molar-refractivity contribution in [2.45, 2.75) is 26.5 Å². The number of anilines is 1. The van der Waals surface area contributed by atoms with Gasteiger partial charge in [0.1, 0.15) is 11.5 Å². The maximum Gasteiger partial charge on any atom is 0.183 e. The van der Waals surface area contributed by atoms with Crippen LogP contribution in [0.4, 0.5) is 9.52 Å². The number of imidazole rings is 1. The number of benzene rings is 1. The highest BCUT2D eigenvalue weighted by molar-refractivity contribution is 7.18. The Hall–Kier alpha value is -2.77. The van der Waals surface area contributed by atoms with Gasteiger partial charge in [-0.1, -0.05) is 29.5 Å². The number of rotatable bonds is 5. The average Bonchev–Trinajstić information content (AvgIpc) is 3.27. The number of pyridine rings is 1. The SMILES string of the molecule is CC(C)Nc1ncc(-c2cc(-c3ccccc3F)c3nc(CO)cn3c2)s1. The van der Waals surface area contributed by atoms with Crippen LogP contribution in [0, 0.1) is 5.82 Å². The smallest absolute Gasteiger partial charge is 0.183 e. The summed E-state index contributed by atoms with van der Waals surface area (Å²) >= 11 is 1.54. The van der Waals surface area contributed by atoms with Gasteiger partial charge in [0.25, 0.3) is 0 Å². The lowest BCUT2D eigenvalue weighted by atomic mass is 10.0. The van der Waals surface area contributed by atoms with Crippen LogP contribution in [-0.2, 0) is 6.61 Å². The monoisotopic (exact) mass is 382 g/mol. The second kappa shape index (κ2) is 7.09. The molecule has 0 bridgehead atoms. The number of fused-ring (bicyclic) bond motifs is 1. The molecule has 0 fully saturated rings. The zero-order valence-corrected chi connectivity index (χ0v) is 15.8. The summed E-state index contributed by atoms with van der Waals surface area (Å²) < 4.78 is 16.3. The first-order chi connectivity index (χ1) is 13.0. The normalized spacial score (nSPS) is 11.4. The summed E-state index contributed by atoms with van der Waals surface area (Å²) in [5.41, 5.74) is 3.22. The number of hydrogen-bond donors (Lipinski definition) is 2. The Labute approximate surface area is 160 Å². The molecule has 0 spiro atoms. The fourth-order valence-electron chi connectivity index (χ4n) is 2.96. The minimum absolute atomic E-state index is 0.170. The van der Waals surface area contributed by atoms with E-state index in [-0.39, 0.29) is 12.4 Å². The molecule has 0 aliphatic rings. The van der Waals surface area contributed by atoms with E-state index in [1.807, 2.05) is 22.9 Å². The molecule has 4 rings (SSSR count). The van der Waals surface area contributed by atoms with Crippen molar-refractivity contribution in [2.75, 3.05) is 5.32 Å².